The van der Waals surface area contributed by atoms with Gasteiger partial charge in [-0.05, 0) is 41.5 Å². The second-order valence-electron chi connectivity index (χ2n) is 7.72. The van der Waals surface area contributed by atoms with E-state index in [0.29, 0.717) is 0 Å². The fraction of sp³-hybridized carbons (Fsp3) is 0.800. The maximum atomic E-state index is 12.3. The van der Waals surface area contributed by atoms with Crippen molar-refractivity contribution in [2.75, 3.05) is 0 Å². The van der Waals surface area contributed by atoms with E-state index < -0.39 is 47.2 Å². The molecule has 1 aliphatic carbocycles. The lowest BCUT2D eigenvalue weighted by Crippen LogP contribution is -2.91. The Kier molecular flexibility index (Phi) is 5.54. The molecule has 0 aromatic heterocycles. The van der Waals surface area contributed by atoms with Gasteiger partial charge in [-0.1, -0.05) is 0 Å². The first-order chi connectivity index (χ1) is 11.7. The zero-order valence-electron chi connectivity index (χ0n) is 15.9. The van der Waals surface area contributed by atoms with E-state index in [1.165, 1.54) is 0 Å². The molecule has 0 amide bonds. The lowest BCUT2D eigenvalue weighted by atomic mass is 9.47. The number of carbonyl (C=O) groups excluding carboxylic acids is 1. The van der Waals surface area contributed by atoms with Gasteiger partial charge in [0.05, 0.1) is 0 Å². The van der Waals surface area contributed by atoms with E-state index >= 15 is 0 Å². The fourth-order valence-corrected chi connectivity index (χ4v) is 4.50. The molecule has 5 atom stereocenters. The molecule has 11 nitrogen and oxygen atoms in total. The first-order valence-corrected chi connectivity index (χ1v) is 9.34. The van der Waals surface area contributed by atoms with Crippen LogP contribution in [-0.4, -0.2) is 75.4 Å². The Labute approximate surface area is 156 Å². The van der Waals surface area contributed by atoms with E-state index in [1.807, 2.05) is 0 Å². The molecule has 0 radical (unpaired) electrons. The number of aliphatic hydroxyl groups is 6. The largest absolute Gasteiger partial charge is 0.527 e. The minimum atomic E-state index is -5.23. The van der Waals surface area contributed by atoms with E-state index in [2.05, 4.69) is 4.52 Å². The third-order valence-electron chi connectivity index (χ3n) is 6.37. The van der Waals surface area contributed by atoms with Crippen molar-refractivity contribution >= 4 is 14.1 Å². The van der Waals surface area contributed by atoms with Crippen molar-refractivity contribution in [2.45, 2.75) is 75.1 Å². The predicted octanol–water partition coefficient (Wildman–Crippen LogP) is -0.754. The monoisotopic (exact) mass is 414 g/mol. The number of aldehydes is 1. The normalized spacial score (nSPS) is 50.7. The van der Waals surface area contributed by atoms with Crippen molar-refractivity contribution < 1.29 is 53.9 Å². The number of rotatable bonds is 5. The van der Waals surface area contributed by atoms with E-state index in [1.54, 1.807) is 0 Å². The van der Waals surface area contributed by atoms with Crippen molar-refractivity contribution in [1.29, 1.82) is 0 Å². The van der Waals surface area contributed by atoms with Gasteiger partial charge in [-0.15, -0.1) is 0 Å². The molecule has 0 bridgehead atoms. The van der Waals surface area contributed by atoms with Gasteiger partial charge in [-0.3, -0.25) is 14.2 Å². The molecule has 5 unspecified atom stereocenters. The summed E-state index contributed by atoms with van der Waals surface area (Å²) >= 11 is 0. The minimum absolute atomic E-state index is 0.0958. The SMILES string of the molecule is CC1(O)C(C)(O)C(C)(O)C(C)(OP(=O)(O)O/C=C(\O)C=O)C(C)(O)C1(C)O. The molecular weight excluding hydrogens is 387 g/mol. The smallest absolute Gasteiger partial charge is 0.502 e. The van der Waals surface area contributed by atoms with Crippen LogP contribution in [0.15, 0.2) is 12.0 Å². The number of phosphoric acid groups is 1. The van der Waals surface area contributed by atoms with Crippen LogP contribution in [0.2, 0.25) is 0 Å². The van der Waals surface area contributed by atoms with Gasteiger partial charge in [-0.25, -0.2) is 4.57 Å². The Balaban J connectivity index is 3.63. The molecule has 0 aliphatic heterocycles. The summed E-state index contributed by atoms with van der Waals surface area (Å²) in [4.78, 5) is 20.2. The second kappa shape index (κ2) is 6.23. The van der Waals surface area contributed by atoms with Crippen molar-refractivity contribution in [3.63, 3.8) is 0 Å². The third kappa shape index (κ3) is 2.93. The molecule has 0 aromatic carbocycles. The number of phosphoric ester groups is 1. The van der Waals surface area contributed by atoms with Gasteiger partial charge in [0.2, 0.25) is 0 Å². The molecule has 1 aliphatic rings. The lowest BCUT2D eigenvalue weighted by Gasteiger charge is -2.69. The highest BCUT2D eigenvalue weighted by molar-refractivity contribution is 7.47. The topological polar surface area (TPSA) is 194 Å². The maximum Gasteiger partial charge on any atom is 0.527 e. The molecule has 1 fully saturated rings. The number of hydrogen-bond donors (Lipinski definition) is 7. The Hall–Kier alpha value is -1.04. The van der Waals surface area contributed by atoms with Gasteiger partial charge in [0.1, 0.15) is 39.9 Å². The van der Waals surface area contributed by atoms with Crippen molar-refractivity contribution in [3.8, 4) is 0 Å². The van der Waals surface area contributed by atoms with Crippen LogP contribution in [0, 0.1) is 0 Å². The Morgan fingerprint density at radius 2 is 1.15 bits per heavy atom. The van der Waals surface area contributed by atoms with Crippen molar-refractivity contribution in [2.24, 2.45) is 0 Å². The van der Waals surface area contributed by atoms with Crippen molar-refractivity contribution in [3.05, 3.63) is 12.0 Å². The highest BCUT2D eigenvalue weighted by Gasteiger charge is 2.82. The van der Waals surface area contributed by atoms with E-state index in [4.69, 9.17) is 9.63 Å². The molecule has 0 spiro atoms. The molecule has 0 aromatic rings. The Bertz CT molecular complexity index is 660. The molecule has 1 rings (SSSR count). The van der Waals surface area contributed by atoms with Crippen LogP contribution in [0.4, 0.5) is 0 Å². The number of hydrogen-bond acceptors (Lipinski definition) is 10. The van der Waals surface area contributed by atoms with Crippen LogP contribution < -0.4 is 0 Å². The van der Waals surface area contributed by atoms with Gasteiger partial charge in [0.25, 0.3) is 0 Å². The van der Waals surface area contributed by atoms with Crippen LogP contribution in [0.25, 0.3) is 0 Å². The zero-order chi connectivity index (χ0) is 21.9. The minimum Gasteiger partial charge on any atom is -0.502 e. The quantitative estimate of drug-likeness (QED) is 0.129. The highest BCUT2D eigenvalue weighted by Crippen LogP contribution is 2.63. The summed E-state index contributed by atoms with van der Waals surface area (Å²) in [6.07, 6.45) is 0.108. The summed E-state index contributed by atoms with van der Waals surface area (Å²) in [5.74, 6) is -1.05. The first kappa shape index (κ1) is 24.0. The van der Waals surface area contributed by atoms with E-state index in [0.717, 1.165) is 41.5 Å². The van der Waals surface area contributed by atoms with Gasteiger partial charge in [0.15, 0.2) is 12.0 Å². The van der Waals surface area contributed by atoms with Crippen LogP contribution in [0.5, 0.6) is 0 Å². The Morgan fingerprint density at radius 3 is 1.48 bits per heavy atom. The second-order valence-corrected chi connectivity index (χ2v) is 9.05. The van der Waals surface area contributed by atoms with Crippen molar-refractivity contribution in [1.82, 2.24) is 0 Å². The summed E-state index contributed by atoms with van der Waals surface area (Å²) in [5.41, 5.74) is -15.6. The average Bonchev–Trinajstić information content (AvgIpc) is 2.50. The number of carbonyl (C=O) groups is 1. The van der Waals surface area contributed by atoms with Gasteiger partial charge >= 0.3 is 7.82 Å². The molecule has 12 heteroatoms. The van der Waals surface area contributed by atoms with Crippen LogP contribution >= 0.6 is 7.82 Å². The Morgan fingerprint density at radius 1 is 0.815 bits per heavy atom. The summed E-state index contributed by atoms with van der Waals surface area (Å²) in [6, 6.07) is 0. The van der Waals surface area contributed by atoms with Gasteiger partial charge in [0, 0.05) is 0 Å². The fourth-order valence-electron chi connectivity index (χ4n) is 3.40. The highest BCUT2D eigenvalue weighted by atomic mass is 31.2. The number of allylic oxidation sites excluding steroid dienone is 1. The zero-order valence-corrected chi connectivity index (χ0v) is 16.8. The van der Waals surface area contributed by atoms with E-state index in [-0.39, 0.29) is 12.5 Å². The molecule has 1 saturated carbocycles. The van der Waals surface area contributed by atoms with Crippen LogP contribution in [0.3, 0.4) is 0 Å². The summed E-state index contributed by atoms with van der Waals surface area (Å²) in [6.45, 7) is 5.61. The molecule has 0 heterocycles. The molecule has 158 valence electrons. The lowest BCUT2D eigenvalue weighted by molar-refractivity contribution is -0.412. The van der Waals surface area contributed by atoms with Crippen LogP contribution in [0.1, 0.15) is 41.5 Å². The van der Waals surface area contributed by atoms with E-state index in [9.17, 15) is 39.8 Å². The maximum absolute atomic E-state index is 12.3. The van der Waals surface area contributed by atoms with Gasteiger partial charge in [-0.2, -0.15) is 0 Å². The molecular formula is C15H27O11P. The summed E-state index contributed by atoms with van der Waals surface area (Å²) in [7, 11) is -5.23. The summed E-state index contributed by atoms with van der Waals surface area (Å²) < 4.78 is 21.5. The first-order valence-electron chi connectivity index (χ1n) is 7.84. The van der Waals surface area contributed by atoms with Crippen LogP contribution in [-0.2, 0) is 18.4 Å². The third-order valence-corrected chi connectivity index (χ3v) is 7.34. The predicted molar refractivity (Wildman–Crippen MR) is 90.3 cm³/mol. The molecule has 27 heavy (non-hydrogen) atoms. The summed E-state index contributed by atoms with van der Waals surface area (Å²) in [5, 5.41) is 63.4. The average molecular weight is 414 g/mol. The van der Waals surface area contributed by atoms with Gasteiger partial charge < -0.3 is 35.2 Å². The standard InChI is InChI=1S/C15H27O11P/c1-10(18)11(2,19)13(4,21)15(6,14(5,22)12(10,3)20)26-27(23,24)25-8-9(17)7-16/h7-8,17-22H,1-6H3,(H,23,24)/b9-8-. The number of aliphatic hydroxyl groups excluding tert-OH is 1. The molecule has 7 N–H and O–H groups in total. The molecule has 0 saturated heterocycles.